The fourth-order valence-corrected chi connectivity index (χ4v) is 1.85. The van der Waals surface area contributed by atoms with Crippen LogP contribution in [0.2, 0.25) is 0 Å². The number of hydrogen-bond acceptors (Lipinski definition) is 2. The summed E-state index contributed by atoms with van der Waals surface area (Å²) in [7, 11) is 0. The molecule has 0 rings (SSSR count). The topological polar surface area (TPSA) is 29.5 Å². The lowest BCUT2D eigenvalue weighted by Crippen LogP contribution is -2.00. The minimum absolute atomic E-state index is 0.147. The van der Waals surface area contributed by atoms with Crippen molar-refractivity contribution >= 4 is 0 Å². The Bertz CT molecular complexity index is 115. The normalized spacial score (nSPS) is 13.0. The monoisotopic (exact) mass is 216 g/mol. The van der Waals surface area contributed by atoms with Gasteiger partial charge in [0.05, 0.1) is 13.2 Å². The van der Waals surface area contributed by atoms with Crippen LogP contribution in [-0.2, 0) is 4.74 Å². The molecule has 15 heavy (non-hydrogen) atoms. The standard InChI is InChI=1S/C13H28O2/c1-3-8-13(2)9-6-4-5-7-11-15-12-10-14/h13-14H,3-12H2,1-2H3. The van der Waals surface area contributed by atoms with Gasteiger partial charge in [0.15, 0.2) is 0 Å². The average molecular weight is 216 g/mol. The van der Waals surface area contributed by atoms with Crippen LogP contribution in [0.25, 0.3) is 0 Å². The van der Waals surface area contributed by atoms with E-state index in [9.17, 15) is 0 Å². The van der Waals surface area contributed by atoms with E-state index in [1.54, 1.807) is 0 Å². The predicted molar refractivity (Wildman–Crippen MR) is 65.1 cm³/mol. The molecule has 0 aromatic rings. The van der Waals surface area contributed by atoms with Gasteiger partial charge in [0.2, 0.25) is 0 Å². The maximum Gasteiger partial charge on any atom is 0.0697 e. The summed E-state index contributed by atoms with van der Waals surface area (Å²) < 4.78 is 5.20. The van der Waals surface area contributed by atoms with Gasteiger partial charge < -0.3 is 9.84 Å². The van der Waals surface area contributed by atoms with Crippen LogP contribution in [0.4, 0.5) is 0 Å². The Hall–Kier alpha value is -0.0800. The predicted octanol–water partition coefficient (Wildman–Crippen LogP) is 3.38. The molecule has 0 saturated heterocycles. The lowest BCUT2D eigenvalue weighted by atomic mass is 9.98. The fourth-order valence-electron chi connectivity index (χ4n) is 1.85. The van der Waals surface area contributed by atoms with Crippen molar-refractivity contribution in [2.45, 2.75) is 58.8 Å². The van der Waals surface area contributed by atoms with Gasteiger partial charge in [0.25, 0.3) is 0 Å². The van der Waals surface area contributed by atoms with Crippen LogP contribution in [0.5, 0.6) is 0 Å². The minimum Gasteiger partial charge on any atom is -0.394 e. The van der Waals surface area contributed by atoms with Gasteiger partial charge in [-0.05, 0) is 12.3 Å². The highest BCUT2D eigenvalue weighted by molar-refractivity contribution is 4.53. The van der Waals surface area contributed by atoms with E-state index in [0.29, 0.717) is 6.61 Å². The Kier molecular flexibility index (Phi) is 11.9. The highest BCUT2D eigenvalue weighted by Gasteiger charge is 1.99. The number of unbranched alkanes of at least 4 members (excludes halogenated alkanes) is 3. The first-order valence-electron chi connectivity index (χ1n) is 6.49. The summed E-state index contributed by atoms with van der Waals surface area (Å²) in [6, 6.07) is 0. The smallest absolute Gasteiger partial charge is 0.0697 e. The Labute approximate surface area is 95.0 Å². The molecule has 2 heteroatoms. The molecule has 1 N–H and O–H groups in total. The van der Waals surface area contributed by atoms with Crippen LogP contribution >= 0.6 is 0 Å². The molecule has 0 radical (unpaired) electrons. The minimum atomic E-state index is 0.147. The molecule has 0 aromatic heterocycles. The maximum absolute atomic E-state index is 8.49. The van der Waals surface area contributed by atoms with Gasteiger partial charge in [-0.15, -0.1) is 0 Å². The second-order valence-electron chi connectivity index (χ2n) is 4.43. The molecule has 2 nitrogen and oxygen atoms in total. The van der Waals surface area contributed by atoms with Crippen LogP contribution in [0.15, 0.2) is 0 Å². The first-order chi connectivity index (χ1) is 7.31. The molecule has 0 aliphatic carbocycles. The first kappa shape index (κ1) is 14.9. The Balaban J connectivity index is 2.98. The average Bonchev–Trinajstić information content (AvgIpc) is 2.22. The second kappa shape index (κ2) is 12.0. The number of hydrogen-bond donors (Lipinski definition) is 1. The van der Waals surface area contributed by atoms with E-state index < -0.39 is 0 Å². The first-order valence-corrected chi connectivity index (χ1v) is 6.49. The molecule has 1 atom stereocenters. The van der Waals surface area contributed by atoms with Gasteiger partial charge in [-0.25, -0.2) is 0 Å². The lowest BCUT2D eigenvalue weighted by Gasteiger charge is -2.09. The third-order valence-corrected chi connectivity index (χ3v) is 2.75. The summed E-state index contributed by atoms with van der Waals surface area (Å²) in [5.41, 5.74) is 0. The van der Waals surface area contributed by atoms with Gasteiger partial charge in [-0.2, -0.15) is 0 Å². The van der Waals surface area contributed by atoms with Crippen LogP contribution in [0, 0.1) is 5.92 Å². The Morgan fingerprint density at radius 3 is 2.40 bits per heavy atom. The molecule has 0 fully saturated rings. The molecule has 0 saturated carbocycles. The van der Waals surface area contributed by atoms with Crippen molar-refractivity contribution < 1.29 is 9.84 Å². The number of aliphatic hydroxyl groups excluding tert-OH is 1. The molecular formula is C13H28O2. The van der Waals surface area contributed by atoms with E-state index in [0.717, 1.165) is 18.9 Å². The van der Waals surface area contributed by atoms with Gasteiger partial charge in [0.1, 0.15) is 0 Å². The summed E-state index contributed by atoms with van der Waals surface area (Å²) in [5, 5.41) is 8.49. The zero-order chi connectivity index (χ0) is 11.4. The van der Waals surface area contributed by atoms with E-state index in [1.165, 1.54) is 38.5 Å². The van der Waals surface area contributed by atoms with E-state index in [4.69, 9.17) is 9.84 Å². The highest BCUT2D eigenvalue weighted by Crippen LogP contribution is 2.14. The molecule has 0 aromatic carbocycles. The summed E-state index contributed by atoms with van der Waals surface area (Å²) in [6.07, 6.45) is 9.17. The lowest BCUT2D eigenvalue weighted by molar-refractivity contribution is 0.0895. The summed E-state index contributed by atoms with van der Waals surface area (Å²) in [6.45, 7) is 6.07. The SMILES string of the molecule is CCCC(C)CCCCCCOCCO. The van der Waals surface area contributed by atoms with Crippen molar-refractivity contribution in [2.75, 3.05) is 19.8 Å². The molecule has 0 aliphatic heterocycles. The van der Waals surface area contributed by atoms with Crippen LogP contribution in [-0.4, -0.2) is 24.9 Å². The molecular weight excluding hydrogens is 188 g/mol. The van der Waals surface area contributed by atoms with Gasteiger partial charge in [0, 0.05) is 6.61 Å². The fraction of sp³-hybridized carbons (Fsp3) is 1.00. The molecule has 0 bridgehead atoms. The van der Waals surface area contributed by atoms with Crippen LogP contribution in [0.1, 0.15) is 58.8 Å². The summed E-state index contributed by atoms with van der Waals surface area (Å²) >= 11 is 0. The highest BCUT2D eigenvalue weighted by atomic mass is 16.5. The van der Waals surface area contributed by atoms with Crippen molar-refractivity contribution in [3.63, 3.8) is 0 Å². The number of ether oxygens (including phenoxy) is 1. The maximum atomic E-state index is 8.49. The molecule has 1 unspecified atom stereocenters. The van der Waals surface area contributed by atoms with E-state index in [-0.39, 0.29) is 6.61 Å². The third kappa shape index (κ3) is 11.8. The molecule has 0 heterocycles. The number of rotatable bonds is 11. The van der Waals surface area contributed by atoms with Gasteiger partial charge in [-0.3, -0.25) is 0 Å². The van der Waals surface area contributed by atoms with Crippen molar-refractivity contribution in [2.24, 2.45) is 5.92 Å². The number of aliphatic hydroxyl groups is 1. The molecule has 92 valence electrons. The molecule has 0 aliphatic rings. The Morgan fingerprint density at radius 2 is 1.73 bits per heavy atom. The van der Waals surface area contributed by atoms with E-state index >= 15 is 0 Å². The zero-order valence-electron chi connectivity index (χ0n) is 10.5. The van der Waals surface area contributed by atoms with Crippen molar-refractivity contribution in [1.82, 2.24) is 0 Å². The van der Waals surface area contributed by atoms with Crippen LogP contribution < -0.4 is 0 Å². The van der Waals surface area contributed by atoms with Crippen molar-refractivity contribution in [3.8, 4) is 0 Å². The molecule has 0 spiro atoms. The van der Waals surface area contributed by atoms with Crippen molar-refractivity contribution in [3.05, 3.63) is 0 Å². The largest absolute Gasteiger partial charge is 0.394 e. The van der Waals surface area contributed by atoms with Gasteiger partial charge in [-0.1, -0.05) is 52.4 Å². The van der Waals surface area contributed by atoms with E-state index in [2.05, 4.69) is 13.8 Å². The third-order valence-electron chi connectivity index (χ3n) is 2.75. The zero-order valence-corrected chi connectivity index (χ0v) is 10.5. The quantitative estimate of drug-likeness (QED) is 0.536. The summed E-state index contributed by atoms with van der Waals surface area (Å²) in [5.74, 6) is 0.903. The summed E-state index contributed by atoms with van der Waals surface area (Å²) in [4.78, 5) is 0. The second-order valence-corrected chi connectivity index (χ2v) is 4.43. The van der Waals surface area contributed by atoms with Gasteiger partial charge >= 0.3 is 0 Å². The van der Waals surface area contributed by atoms with Crippen LogP contribution in [0.3, 0.4) is 0 Å². The molecule has 0 amide bonds. The van der Waals surface area contributed by atoms with E-state index in [1.807, 2.05) is 0 Å². The van der Waals surface area contributed by atoms with Crippen molar-refractivity contribution in [1.29, 1.82) is 0 Å². The Morgan fingerprint density at radius 1 is 1.00 bits per heavy atom.